The van der Waals surface area contributed by atoms with Gasteiger partial charge < -0.3 is 19.5 Å². The van der Waals surface area contributed by atoms with Gasteiger partial charge in [0.15, 0.2) is 11.5 Å². The van der Waals surface area contributed by atoms with Crippen molar-refractivity contribution in [3.63, 3.8) is 0 Å². The predicted octanol–water partition coefficient (Wildman–Crippen LogP) is 3.07. The number of nitro benzene ring substituents is 1. The van der Waals surface area contributed by atoms with Crippen LogP contribution in [0.3, 0.4) is 0 Å². The van der Waals surface area contributed by atoms with Crippen molar-refractivity contribution in [2.45, 2.75) is 38.9 Å². The predicted molar refractivity (Wildman–Crippen MR) is 93.6 cm³/mol. The van der Waals surface area contributed by atoms with E-state index in [4.69, 9.17) is 14.2 Å². The number of benzene rings is 1. The SMILES string of the molecule is CCOC(=O)CCCOc1cc([N+](=O)[O-])c(C(C)NC(=O)C(F)(F)F)cc1OC. The fraction of sp³-hybridized carbons (Fsp3) is 0.529. The fourth-order valence-corrected chi connectivity index (χ4v) is 2.33. The number of carbonyl (C=O) groups is 2. The molecule has 0 fully saturated rings. The highest BCUT2D eigenvalue weighted by molar-refractivity contribution is 5.82. The molecule has 0 bridgehead atoms. The van der Waals surface area contributed by atoms with Crippen LogP contribution in [0.4, 0.5) is 18.9 Å². The molecule has 1 N–H and O–H groups in total. The van der Waals surface area contributed by atoms with E-state index in [0.29, 0.717) is 0 Å². The Hall–Kier alpha value is -3.05. The van der Waals surface area contributed by atoms with E-state index in [9.17, 15) is 32.9 Å². The quantitative estimate of drug-likeness (QED) is 0.267. The third kappa shape index (κ3) is 7.12. The van der Waals surface area contributed by atoms with Crippen LogP contribution in [0.5, 0.6) is 11.5 Å². The Morgan fingerprint density at radius 3 is 2.45 bits per heavy atom. The zero-order valence-corrected chi connectivity index (χ0v) is 16.0. The Balaban J connectivity index is 3.02. The summed E-state index contributed by atoms with van der Waals surface area (Å²) in [5.74, 6) is -2.65. The number of ether oxygens (including phenoxy) is 3. The minimum Gasteiger partial charge on any atom is -0.493 e. The first-order chi connectivity index (χ1) is 13.5. The van der Waals surface area contributed by atoms with Gasteiger partial charge in [-0.25, -0.2) is 0 Å². The number of hydrogen-bond acceptors (Lipinski definition) is 7. The maximum absolute atomic E-state index is 12.4. The number of nitrogens with one attached hydrogen (secondary N) is 1. The largest absolute Gasteiger partial charge is 0.493 e. The Bertz CT molecular complexity index is 753. The van der Waals surface area contributed by atoms with Crippen LogP contribution in [0, 0.1) is 10.1 Å². The molecule has 0 aliphatic carbocycles. The molecule has 0 aliphatic heterocycles. The molecule has 12 heteroatoms. The third-order valence-electron chi connectivity index (χ3n) is 3.67. The van der Waals surface area contributed by atoms with Crippen molar-refractivity contribution in [3.05, 3.63) is 27.8 Å². The highest BCUT2D eigenvalue weighted by Crippen LogP contribution is 2.37. The van der Waals surface area contributed by atoms with Crippen molar-refractivity contribution in [2.24, 2.45) is 0 Å². The summed E-state index contributed by atoms with van der Waals surface area (Å²) in [6.45, 7) is 3.10. The zero-order valence-electron chi connectivity index (χ0n) is 16.0. The van der Waals surface area contributed by atoms with E-state index in [-0.39, 0.29) is 43.1 Å². The number of rotatable bonds is 10. The molecule has 162 valence electrons. The number of carbonyl (C=O) groups excluding carboxylic acids is 2. The van der Waals surface area contributed by atoms with Gasteiger partial charge in [0, 0.05) is 6.42 Å². The minimum atomic E-state index is -5.13. The van der Waals surface area contributed by atoms with Crippen LogP contribution in [0.25, 0.3) is 0 Å². The highest BCUT2D eigenvalue weighted by atomic mass is 19.4. The molecule has 0 saturated carbocycles. The number of amides is 1. The minimum absolute atomic E-state index is 0.0199. The molecule has 1 atom stereocenters. The molecule has 0 aromatic heterocycles. The Morgan fingerprint density at radius 1 is 1.28 bits per heavy atom. The molecule has 0 spiro atoms. The van der Waals surface area contributed by atoms with Crippen LogP contribution in [0.1, 0.15) is 38.3 Å². The molecular formula is C17H21F3N2O7. The molecule has 0 radical (unpaired) electrons. The van der Waals surface area contributed by atoms with Gasteiger partial charge in [-0.05, 0) is 26.3 Å². The number of nitrogens with zero attached hydrogens (tertiary/aromatic N) is 1. The molecule has 1 aromatic rings. The van der Waals surface area contributed by atoms with Gasteiger partial charge in [-0.2, -0.15) is 13.2 Å². The summed E-state index contributed by atoms with van der Waals surface area (Å²) >= 11 is 0. The standard InChI is InChI=1S/C17H21F3N2O7/c1-4-28-15(23)6-5-7-29-14-9-12(22(25)26)11(8-13(14)27-3)10(2)21-16(24)17(18,19)20/h8-10H,4-7H2,1-3H3,(H,21,24). The average molecular weight is 422 g/mol. The lowest BCUT2D eigenvalue weighted by molar-refractivity contribution is -0.385. The average Bonchev–Trinajstić information content (AvgIpc) is 2.63. The highest BCUT2D eigenvalue weighted by Gasteiger charge is 2.40. The number of halogens is 3. The van der Waals surface area contributed by atoms with E-state index < -0.39 is 34.7 Å². The monoisotopic (exact) mass is 422 g/mol. The van der Waals surface area contributed by atoms with Crippen molar-refractivity contribution >= 4 is 17.6 Å². The van der Waals surface area contributed by atoms with E-state index in [2.05, 4.69) is 0 Å². The second-order valence-corrected chi connectivity index (χ2v) is 5.77. The molecular weight excluding hydrogens is 401 g/mol. The third-order valence-corrected chi connectivity index (χ3v) is 3.67. The molecule has 0 saturated heterocycles. The first kappa shape index (κ1) is 24.0. The van der Waals surface area contributed by atoms with Crippen LogP contribution in [-0.4, -0.2) is 43.3 Å². The first-order valence-corrected chi connectivity index (χ1v) is 8.53. The van der Waals surface area contributed by atoms with Gasteiger partial charge in [0.05, 0.1) is 42.9 Å². The van der Waals surface area contributed by atoms with Gasteiger partial charge >= 0.3 is 18.1 Å². The summed E-state index contributed by atoms with van der Waals surface area (Å²) in [5, 5.41) is 13.0. The Morgan fingerprint density at radius 2 is 1.93 bits per heavy atom. The number of alkyl halides is 3. The lowest BCUT2D eigenvalue weighted by Gasteiger charge is -2.18. The van der Waals surface area contributed by atoms with Crippen LogP contribution in [-0.2, 0) is 14.3 Å². The molecule has 29 heavy (non-hydrogen) atoms. The zero-order chi connectivity index (χ0) is 22.2. The summed E-state index contributed by atoms with van der Waals surface area (Å²) in [5.41, 5.74) is -0.746. The van der Waals surface area contributed by atoms with Gasteiger partial charge in [-0.1, -0.05) is 0 Å². The molecule has 1 aromatic carbocycles. The van der Waals surface area contributed by atoms with Crippen molar-refractivity contribution in [3.8, 4) is 11.5 Å². The van der Waals surface area contributed by atoms with Crippen molar-refractivity contribution < 1.29 is 41.9 Å². The number of nitro groups is 1. The molecule has 9 nitrogen and oxygen atoms in total. The van der Waals surface area contributed by atoms with Crippen LogP contribution >= 0.6 is 0 Å². The molecule has 1 amide bonds. The normalized spacial score (nSPS) is 12.1. The summed E-state index contributed by atoms with van der Waals surface area (Å²) in [6, 6.07) is 0.797. The molecule has 1 rings (SSSR count). The first-order valence-electron chi connectivity index (χ1n) is 8.53. The Labute approximate surface area is 164 Å². The molecule has 0 heterocycles. The topological polar surface area (TPSA) is 117 Å². The van der Waals surface area contributed by atoms with E-state index in [0.717, 1.165) is 12.1 Å². The van der Waals surface area contributed by atoms with Crippen molar-refractivity contribution in [2.75, 3.05) is 20.3 Å². The van der Waals surface area contributed by atoms with Gasteiger partial charge in [0.1, 0.15) is 0 Å². The Kier molecular flexibility index (Phi) is 8.67. The maximum Gasteiger partial charge on any atom is 0.471 e. The van der Waals surface area contributed by atoms with Gasteiger partial charge in [0.2, 0.25) is 0 Å². The summed E-state index contributed by atoms with van der Waals surface area (Å²) < 4.78 is 52.6. The van der Waals surface area contributed by atoms with E-state index in [1.807, 2.05) is 0 Å². The van der Waals surface area contributed by atoms with Crippen molar-refractivity contribution in [1.29, 1.82) is 0 Å². The maximum atomic E-state index is 12.4. The molecule has 1 unspecified atom stereocenters. The van der Waals surface area contributed by atoms with Crippen LogP contribution in [0.15, 0.2) is 12.1 Å². The number of hydrogen-bond donors (Lipinski definition) is 1. The van der Waals surface area contributed by atoms with Crippen molar-refractivity contribution in [1.82, 2.24) is 5.32 Å². The number of esters is 1. The summed E-state index contributed by atoms with van der Waals surface area (Å²) in [6.07, 6.45) is -4.78. The second kappa shape index (κ2) is 10.5. The molecule has 0 aliphatic rings. The lowest BCUT2D eigenvalue weighted by Crippen LogP contribution is -2.38. The summed E-state index contributed by atoms with van der Waals surface area (Å²) in [7, 11) is 1.25. The van der Waals surface area contributed by atoms with Gasteiger partial charge in [0.25, 0.3) is 5.69 Å². The second-order valence-electron chi connectivity index (χ2n) is 5.77. The van der Waals surface area contributed by atoms with E-state index in [1.165, 1.54) is 14.0 Å². The van der Waals surface area contributed by atoms with Crippen LogP contribution < -0.4 is 14.8 Å². The van der Waals surface area contributed by atoms with E-state index in [1.54, 1.807) is 12.2 Å². The van der Waals surface area contributed by atoms with Gasteiger partial charge in [-0.3, -0.25) is 19.7 Å². The van der Waals surface area contributed by atoms with Crippen LogP contribution in [0.2, 0.25) is 0 Å². The van der Waals surface area contributed by atoms with Gasteiger partial charge in [-0.15, -0.1) is 0 Å². The smallest absolute Gasteiger partial charge is 0.471 e. The number of methoxy groups -OCH3 is 1. The fourth-order valence-electron chi connectivity index (χ4n) is 2.33. The summed E-state index contributed by atoms with van der Waals surface area (Å²) in [4.78, 5) is 33.0. The lowest BCUT2D eigenvalue weighted by atomic mass is 10.0. The van der Waals surface area contributed by atoms with E-state index >= 15 is 0 Å².